The highest BCUT2D eigenvalue weighted by Gasteiger charge is 2.08. The molecule has 2 aromatic rings. The van der Waals surface area contributed by atoms with Crippen LogP contribution in [0.2, 0.25) is 0 Å². The SMILES string of the molecule is C=Nc1ccc(/N=N/c2ccc(S(=O)(=O)O)cc2)cc1SOOO. The summed E-state index contributed by atoms with van der Waals surface area (Å²) in [6, 6.07) is 10.0. The molecule has 0 aliphatic rings. The molecule has 2 rings (SSSR count). The molecule has 24 heavy (non-hydrogen) atoms. The second-order valence-corrected chi connectivity index (χ2v) is 6.37. The second-order valence-electron chi connectivity index (χ2n) is 4.21. The van der Waals surface area contributed by atoms with Crippen LogP contribution in [-0.2, 0) is 19.5 Å². The molecule has 0 bridgehead atoms. The van der Waals surface area contributed by atoms with Crippen LogP contribution in [-0.4, -0.2) is 24.9 Å². The van der Waals surface area contributed by atoms with Gasteiger partial charge < -0.3 is 0 Å². The van der Waals surface area contributed by atoms with Gasteiger partial charge in [-0.2, -0.15) is 18.6 Å². The molecule has 0 aromatic heterocycles. The van der Waals surface area contributed by atoms with E-state index in [0.29, 0.717) is 34.0 Å². The third kappa shape index (κ3) is 4.92. The van der Waals surface area contributed by atoms with E-state index in [9.17, 15) is 8.42 Å². The molecule has 0 aliphatic heterocycles. The van der Waals surface area contributed by atoms with Crippen molar-refractivity contribution >= 4 is 45.9 Å². The van der Waals surface area contributed by atoms with E-state index in [-0.39, 0.29) is 4.90 Å². The number of nitrogens with zero attached hydrogens (tertiary/aromatic N) is 3. The summed E-state index contributed by atoms with van der Waals surface area (Å²) < 4.78 is 35.2. The number of hydrogen-bond donors (Lipinski definition) is 2. The van der Waals surface area contributed by atoms with Crippen molar-refractivity contribution in [1.82, 2.24) is 0 Å². The average Bonchev–Trinajstić information content (AvgIpc) is 2.57. The van der Waals surface area contributed by atoms with Crippen LogP contribution in [0.3, 0.4) is 0 Å². The molecule has 0 heterocycles. The van der Waals surface area contributed by atoms with Gasteiger partial charge in [0, 0.05) is 0 Å². The summed E-state index contributed by atoms with van der Waals surface area (Å²) in [7, 11) is -4.25. The van der Waals surface area contributed by atoms with Crippen LogP contribution >= 0.6 is 12.0 Å². The van der Waals surface area contributed by atoms with Gasteiger partial charge in [-0.25, -0.2) is 5.26 Å². The van der Waals surface area contributed by atoms with Gasteiger partial charge in [0.2, 0.25) is 0 Å². The standard InChI is InChI=1S/C13H11N3O6S2/c1-14-12-7-4-10(8-13(12)23-22-21-17)16-15-9-2-5-11(6-3-9)24(18,19)20/h2-8,17H,1H2,(H,18,19,20)/b16-15+. The summed E-state index contributed by atoms with van der Waals surface area (Å²) in [4.78, 5) is 4.02. The maximum absolute atomic E-state index is 11.0. The minimum Gasteiger partial charge on any atom is -0.282 e. The first-order valence-corrected chi connectivity index (χ1v) is 8.37. The Kier molecular flexibility index (Phi) is 6.14. The van der Waals surface area contributed by atoms with Gasteiger partial charge in [0.1, 0.15) is 0 Å². The minimum atomic E-state index is -4.25. The molecular formula is C13H11N3O6S2. The molecule has 9 nitrogen and oxygen atoms in total. The van der Waals surface area contributed by atoms with E-state index in [1.807, 2.05) is 0 Å². The van der Waals surface area contributed by atoms with Crippen molar-refractivity contribution < 1.29 is 27.6 Å². The van der Waals surface area contributed by atoms with Gasteiger partial charge in [0.25, 0.3) is 10.1 Å². The van der Waals surface area contributed by atoms with Gasteiger partial charge in [0.05, 0.1) is 38.9 Å². The Morgan fingerprint density at radius 1 is 1.04 bits per heavy atom. The van der Waals surface area contributed by atoms with Crippen LogP contribution in [0.4, 0.5) is 17.1 Å². The first-order chi connectivity index (χ1) is 11.4. The first-order valence-electron chi connectivity index (χ1n) is 6.19. The van der Waals surface area contributed by atoms with Gasteiger partial charge in [-0.1, -0.05) is 5.04 Å². The Balaban J connectivity index is 2.20. The molecular weight excluding hydrogens is 358 g/mol. The van der Waals surface area contributed by atoms with Gasteiger partial charge >= 0.3 is 0 Å². The Labute approximate surface area is 141 Å². The monoisotopic (exact) mass is 369 g/mol. The lowest BCUT2D eigenvalue weighted by atomic mass is 10.3. The van der Waals surface area contributed by atoms with E-state index >= 15 is 0 Å². The lowest BCUT2D eigenvalue weighted by molar-refractivity contribution is -0.432. The summed E-state index contributed by atoms with van der Waals surface area (Å²) in [5, 5.41) is 19.7. The third-order valence-corrected chi connectivity index (χ3v) is 4.19. The lowest BCUT2D eigenvalue weighted by Gasteiger charge is -2.03. The minimum absolute atomic E-state index is 0.234. The molecule has 0 saturated heterocycles. The van der Waals surface area contributed by atoms with Gasteiger partial charge in [0.15, 0.2) is 0 Å². The highest BCUT2D eigenvalue weighted by atomic mass is 32.2. The molecule has 2 aromatic carbocycles. The zero-order valence-electron chi connectivity index (χ0n) is 11.9. The van der Waals surface area contributed by atoms with Crippen LogP contribution in [0.1, 0.15) is 0 Å². The molecule has 0 spiro atoms. The number of rotatable bonds is 7. The van der Waals surface area contributed by atoms with Crippen LogP contribution in [0.25, 0.3) is 0 Å². The molecule has 11 heteroatoms. The van der Waals surface area contributed by atoms with E-state index in [2.05, 4.69) is 31.3 Å². The van der Waals surface area contributed by atoms with Gasteiger partial charge in [-0.15, -0.1) is 4.33 Å². The summed E-state index contributed by atoms with van der Waals surface area (Å²) in [5.74, 6) is 0. The zero-order valence-corrected chi connectivity index (χ0v) is 13.6. The smallest absolute Gasteiger partial charge is 0.282 e. The molecule has 0 aliphatic carbocycles. The summed E-state index contributed by atoms with van der Waals surface area (Å²) in [6.07, 6.45) is 0. The Hall–Kier alpha value is -2.15. The van der Waals surface area contributed by atoms with Gasteiger partial charge in [-0.05, 0) is 49.2 Å². The summed E-state index contributed by atoms with van der Waals surface area (Å²) in [5.41, 5.74) is 1.33. The van der Waals surface area contributed by atoms with Crippen LogP contribution in [0.5, 0.6) is 0 Å². The normalized spacial score (nSPS) is 11.8. The van der Waals surface area contributed by atoms with Crippen molar-refractivity contribution in [1.29, 1.82) is 0 Å². The predicted octanol–water partition coefficient (Wildman–Crippen LogP) is 4.11. The Morgan fingerprint density at radius 2 is 1.67 bits per heavy atom. The van der Waals surface area contributed by atoms with E-state index in [1.54, 1.807) is 18.2 Å². The first kappa shape index (κ1) is 18.2. The number of azo groups is 1. The molecule has 0 saturated carbocycles. The fourth-order valence-corrected chi connectivity index (χ4v) is 2.59. The number of hydrogen-bond acceptors (Lipinski definition) is 9. The highest BCUT2D eigenvalue weighted by molar-refractivity contribution is 7.94. The maximum atomic E-state index is 11.0. The fraction of sp³-hybridized carbons (Fsp3) is 0. The predicted molar refractivity (Wildman–Crippen MR) is 86.7 cm³/mol. The Bertz CT molecular complexity index is 853. The van der Waals surface area contributed by atoms with Crippen molar-refractivity contribution in [3.05, 3.63) is 42.5 Å². The zero-order chi connectivity index (χ0) is 17.6. The molecule has 0 fully saturated rings. The summed E-state index contributed by atoms with van der Waals surface area (Å²) >= 11 is 0.710. The van der Waals surface area contributed by atoms with Crippen LogP contribution < -0.4 is 0 Å². The van der Waals surface area contributed by atoms with Gasteiger partial charge in [-0.3, -0.25) is 9.55 Å². The Morgan fingerprint density at radius 3 is 2.25 bits per heavy atom. The van der Waals surface area contributed by atoms with E-state index in [1.165, 1.54) is 24.3 Å². The number of aliphatic imine (C=N–C) groups is 1. The van der Waals surface area contributed by atoms with Crippen molar-refractivity contribution in [3.8, 4) is 0 Å². The second kappa shape index (κ2) is 8.10. The average molecular weight is 369 g/mol. The topological polar surface area (TPSA) is 130 Å². The van der Waals surface area contributed by atoms with Crippen molar-refractivity contribution in [3.63, 3.8) is 0 Å². The third-order valence-electron chi connectivity index (χ3n) is 2.68. The molecule has 0 unspecified atom stereocenters. The maximum Gasteiger partial charge on any atom is 0.294 e. The lowest BCUT2D eigenvalue weighted by Crippen LogP contribution is -1.96. The quantitative estimate of drug-likeness (QED) is 0.187. The van der Waals surface area contributed by atoms with E-state index in [0.717, 1.165) is 0 Å². The highest BCUT2D eigenvalue weighted by Crippen LogP contribution is 2.34. The fourth-order valence-electron chi connectivity index (χ4n) is 1.61. The summed E-state index contributed by atoms with van der Waals surface area (Å²) in [6.45, 7) is 3.41. The molecule has 0 atom stereocenters. The van der Waals surface area contributed by atoms with Crippen molar-refractivity contribution in [2.45, 2.75) is 9.79 Å². The molecule has 0 radical (unpaired) electrons. The largest absolute Gasteiger partial charge is 0.294 e. The van der Waals surface area contributed by atoms with E-state index < -0.39 is 10.1 Å². The van der Waals surface area contributed by atoms with Crippen molar-refractivity contribution in [2.75, 3.05) is 0 Å². The molecule has 126 valence electrons. The van der Waals surface area contributed by atoms with Crippen LogP contribution in [0, 0.1) is 0 Å². The molecule has 0 amide bonds. The van der Waals surface area contributed by atoms with Crippen LogP contribution in [0.15, 0.2) is 67.5 Å². The number of benzene rings is 2. The van der Waals surface area contributed by atoms with E-state index in [4.69, 9.17) is 9.81 Å². The van der Waals surface area contributed by atoms with Crippen molar-refractivity contribution in [2.24, 2.45) is 15.2 Å². The molecule has 2 N–H and O–H groups in total.